The molecule has 0 saturated carbocycles. The van der Waals surface area contributed by atoms with Crippen molar-refractivity contribution in [3.63, 3.8) is 0 Å². The van der Waals surface area contributed by atoms with Gasteiger partial charge in [-0.1, -0.05) is 24.3 Å². The van der Waals surface area contributed by atoms with Gasteiger partial charge in [0.25, 0.3) is 0 Å². The van der Waals surface area contributed by atoms with Crippen LogP contribution in [0.2, 0.25) is 0 Å². The van der Waals surface area contributed by atoms with E-state index in [1.807, 2.05) is 0 Å². The van der Waals surface area contributed by atoms with Gasteiger partial charge in [0.15, 0.2) is 11.6 Å². The Bertz CT molecular complexity index is 667. The van der Waals surface area contributed by atoms with Crippen LogP contribution in [-0.4, -0.2) is 11.6 Å². The first kappa shape index (κ1) is 13.8. The van der Waals surface area contributed by atoms with E-state index in [9.17, 15) is 9.59 Å². The lowest BCUT2D eigenvalue weighted by Crippen LogP contribution is -2.22. The molecule has 1 aliphatic rings. The molecule has 1 aromatic carbocycles. The van der Waals surface area contributed by atoms with Gasteiger partial charge in [-0.05, 0) is 25.3 Å². The molecule has 0 unspecified atom stereocenters. The molecule has 4 N–H and O–H groups in total. The molecule has 4 nitrogen and oxygen atoms in total. The molecule has 0 bridgehead atoms. The van der Waals surface area contributed by atoms with Crippen LogP contribution < -0.4 is 11.5 Å². The summed E-state index contributed by atoms with van der Waals surface area (Å²) in [6, 6.07) is 6.84. The minimum atomic E-state index is -0.134. The molecule has 2 rings (SSSR count). The summed E-state index contributed by atoms with van der Waals surface area (Å²) in [7, 11) is 0. The molecule has 0 fully saturated rings. The van der Waals surface area contributed by atoms with Crippen molar-refractivity contribution < 1.29 is 9.59 Å². The third kappa shape index (κ3) is 2.40. The summed E-state index contributed by atoms with van der Waals surface area (Å²) in [5, 5.41) is 0. The van der Waals surface area contributed by atoms with Gasteiger partial charge in [0.2, 0.25) is 0 Å². The van der Waals surface area contributed by atoms with Crippen LogP contribution in [0.15, 0.2) is 59.5 Å². The third-order valence-electron chi connectivity index (χ3n) is 3.29. The van der Waals surface area contributed by atoms with Crippen LogP contribution in [0.25, 0.3) is 0 Å². The zero-order valence-electron chi connectivity index (χ0n) is 11.2. The van der Waals surface area contributed by atoms with Crippen molar-refractivity contribution in [1.29, 1.82) is 0 Å². The number of ketones is 2. The maximum absolute atomic E-state index is 12.4. The molecule has 1 aromatic rings. The van der Waals surface area contributed by atoms with E-state index in [2.05, 4.69) is 0 Å². The average Bonchev–Trinajstić information content (AvgIpc) is 2.47. The highest BCUT2D eigenvalue weighted by Gasteiger charge is 2.29. The molecule has 4 heteroatoms. The molecule has 20 heavy (non-hydrogen) atoms. The lowest BCUT2D eigenvalue weighted by molar-refractivity contribution is 0.0973. The van der Waals surface area contributed by atoms with Crippen LogP contribution in [0, 0.1) is 0 Å². The first-order valence-electron chi connectivity index (χ1n) is 6.27. The number of fused-ring (bicyclic) bond motifs is 1. The monoisotopic (exact) mass is 268 g/mol. The number of rotatable bonds is 3. The molecular formula is C16H16N2O2. The summed E-state index contributed by atoms with van der Waals surface area (Å²) in [6.45, 7) is 1.66. The fourth-order valence-corrected chi connectivity index (χ4v) is 2.21. The van der Waals surface area contributed by atoms with Crippen LogP contribution in [0.3, 0.4) is 0 Å². The average molecular weight is 268 g/mol. The van der Waals surface area contributed by atoms with Crippen molar-refractivity contribution in [3.05, 3.63) is 70.6 Å². The smallest absolute Gasteiger partial charge is 0.190 e. The molecule has 0 heterocycles. The van der Waals surface area contributed by atoms with E-state index >= 15 is 0 Å². The number of carbonyl (C=O) groups excluding carboxylic acids is 2. The normalized spacial score (nSPS) is 15.9. The number of Topliss-reactive ketones (excluding diaryl/α,β-unsaturated/α-hetero) is 2. The Morgan fingerprint density at radius 2 is 1.75 bits per heavy atom. The van der Waals surface area contributed by atoms with E-state index in [4.69, 9.17) is 11.5 Å². The standard InChI is InChI=1S/C16H16N2O2/c1-10-14(9-11(18)5-4-8-17)16(20)13-7-3-2-6-12(13)15(10)19/h2-8H,9,17-18H2,1H3/b8-4-,11-5-. The van der Waals surface area contributed by atoms with Crippen molar-refractivity contribution >= 4 is 11.6 Å². The van der Waals surface area contributed by atoms with Crippen molar-refractivity contribution in [1.82, 2.24) is 0 Å². The Morgan fingerprint density at radius 3 is 2.35 bits per heavy atom. The molecule has 0 spiro atoms. The Labute approximate surface area is 117 Å². The van der Waals surface area contributed by atoms with E-state index in [-0.39, 0.29) is 18.0 Å². The number of allylic oxidation sites excluding steroid dienone is 4. The first-order chi connectivity index (χ1) is 9.56. The van der Waals surface area contributed by atoms with Crippen molar-refractivity contribution in [3.8, 4) is 0 Å². The SMILES string of the molecule is CC1=C(C/C(N)=C/C=C\N)C(=O)c2ccccc2C1=O. The van der Waals surface area contributed by atoms with Gasteiger partial charge in [-0.25, -0.2) is 0 Å². The lowest BCUT2D eigenvalue weighted by atomic mass is 9.83. The molecule has 0 aliphatic heterocycles. The van der Waals surface area contributed by atoms with Gasteiger partial charge >= 0.3 is 0 Å². The van der Waals surface area contributed by atoms with E-state index in [0.717, 1.165) is 0 Å². The van der Waals surface area contributed by atoms with Gasteiger partial charge < -0.3 is 11.5 Å². The molecule has 0 saturated heterocycles. The summed E-state index contributed by atoms with van der Waals surface area (Å²) >= 11 is 0. The van der Waals surface area contributed by atoms with Gasteiger partial charge in [-0.15, -0.1) is 0 Å². The van der Waals surface area contributed by atoms with Gasteiger partial charge in [-0.3, -0.25) is 9.59 Å². The van der Waals surface area contributed by atoms with Crippen LogP contribution in [0.4, 0.5) is 0 Å². The van der Waals surface area contributed by atoms with Crippen molar-refractivity contribution in [2.75, 3.05) is 0 Å². The molecule has 0 amide bonds. The highest BCUT2D eigenvalue weighted by Crippen LogP contribution is 2.28. The Kier molecular flexibility index (Phi) is 3.84. The van der Waals surface area contributed by atoms with Crippen molar-refractivity contribution in [2.24, 2.45) is 11.5 Å². The van der Waals surface area contributed by atoms with Crippen LogP contribution in [0.1, 0.15) is 34.1 Å². The maximum Gasteiger partial charge on any atom is 0.190 e. The highest BCUT2D eigenvalue weighted by atomic mass is 16.1. The molecule has 0 radical (unpaired) electrons. The van der Waals surface area contributed by atoms with E-state index in [1.165, 1.54) is 6.20 Å². The van der Waals surface area contributed by atoms with Gasteiger partial charge in [0.1, 0.15) is 0 Å². The molecule has 102 valence electrons. The molecular weight excluding hydrogens is 252 g/mol. The molecule has 1 aliphatic carbocycles. The van der Waals surface area contributed by atoms with Crippen molar-refractivity contribution in [2.45, 2.75) is 13.3 Å². The summed E-state index contributed by atoms with van der Waals surface area (Å²) in [5.41, 5.74) is 13.4. The lowest BCUT2D eigenvalue weighted by Gasteiger charge is -2.19. The second-order valence-corrected chi connectivity index (χ2v) is 4.61. The number of hydrogen-bond donors (Lipinski definition) is 2. The van der Waals surface area contributed by atoms with Crippen LogP contribution >= 0.6 is 0 Å². The summed E-state index contributed by atoms with van der Waals surface area (Å²) in [4.78, 5) is 24.7. The van der Waals surface area contributed by atoms with E-state index in [0.29, 0.717) is 28.0 Å². The predicted molar refractivity (Wildman–Crippen MR) is 78.0 cm³/mol. The van der Waals surface area contributed by atoms with Gasteiger partial charge in [-0.2, -0.15) is 0 Å². The number of carbonyl (C=O) groups is 2. The fourth-order valence-electron chi connectivity index (χ4n) is 2.21. The first-order valence-corrected chi connectivity index (χ1v) is 6.27. The second kappa shape index (κ2) is 5.57. The Hall–Kier alpha value is -2.62. The Morgan fingerprint density at radius 1 is 1.15 bits per heavy atom. The minimum Gasteiger partial charge on any atom is -0.405 e. The molecule has 0 atom stereocenters. The fraction of sp³-hybridized carbons (Fsp3) is 0.125. The third-order valence-corrected chi connectivity index (χ3v) is 3.29. The van der Waals surface area contributed by atoms with Crippen LogP contribution in [-0.2, 0) is 0 Å². The predicted octanol–water partition coefficient (Wildman–Crippen LogP) is 2.09. The Balaban J connectivity index is 2.42. The van der Waals surface area contributed by atoms with E-state index in [1.54, 1.807) is 43.3 Å². The minimum absolute atomic E-state index is 0.114. The number of nitrogens with two attached hydrogens (primary N) is 2. The van der Waals surface area contributed by atoms with Gasteiger partial charge in [0, 0.05) is 34.4 Å². The zero-order valence-corrected chi connectivity index (χ0v) is 11.2. The maximum atomic E-state index is 12.4. The number of hydrogen-bond acceptors (Lipinski definition) is 4. The topological polar surface area (TPSA) is 86.2 Å². The summed E-state index contributed by atoms with van der Waals surface area (Å²) in [6.07, 6.45) is 4.82. The van der Waals surface area contributed by atoms with Gasteiger partial charge in [0.05, 0.1) is 0 Å². The highest BCUT2D eigenvalue weighted by molar-refractivity contribution is 6.26. The number of benzene rings is 1. The quantitative estimate of drug-likeness (QED) is 0.822. The van der Waals surface area contributed by atoms with Crippen LogP contribution in [0.5, 0.6) is 0 Å². The summed E-state index contributed by atoms with van der Waals surface area (Å²) < 4.78 is 0. The largest absolute Gasteiger partial charge is 0.405 e. The molecule has 0 aromatic heterocycles. The zero-order chi connectivity index (χ0) is 14.7. The van der Waals surface area contributed by atoms with E-state index < -0.39 is 0 Å². The second-order valence-electron chi connectivity index (χ2n) is 4.61. The summed E-state index contributed by atoms with van der Waals surface area (Å²) in [5.74, 6) is -0.247.